The van der Waals surface area contributed by atoms with Crippen molar-refractivity contribution in [2.45, 2.75) is 12.5 Å². The summed E-state index contributed by atoms with van der Waals surface area (Å²) in [5.74, 6) is -0.386. The van der Waals surface area contributed by atoms with Crippen molar-refractivity contribution in [2.75, 3.05) is 7.11 Å². The third-order valence-electron chi connectivity index (χ3n) is 3.21. The molecular formula is C18H19NO2. The quantitative estimate of drug-likeness (QED) is 0.677. The molecule has 0 aliphatic rings. The molecule has 0 aliphatic heterocycles. The van der Waals surface area contributed by atoms with Gasteiger partial charge in [0.2, 0.25) is 0 Å². The van der Waals surface area contributed by atoms with Gasteiger partial charge in [0, 0.05) is 0 Å². The van der Waals surface area contributed by atoms with Gasteiger partial charge in [-0.15, -0.1) is 0 Å². The standard InChI is InChI=1S/C18H19NO2/c1-21-18(20)17(19)13-16-11-9-15(10-12-16)8-7-14-5-3-2-4-6-14/h2-12,17H,13,19H2,1H3/b8-7+/t17-/m1/s1. The molecule has 0 aliphatic carbocycles. The van der Waals surface area contributed by atoms with Gasteiger partial charge in [0.05, 0.1) is 7.11 Å². The van der Waals surface area contributed by atoms with Crippen molar-refractivity contribution >= 4 is 18.1 Å². The second kappa shape index (κ2) is 7.41. The van der Waals surface area contributed by atoms with E-state index in [2.05, 4.69) is 29.0 Å². The minimum atomic E-state index is -0.610. The first-order valence-corrected chi connectivity index (χ1v) is 6.84. The molecule has 0 unspecified atom stereocenters. The Morgan fingerprint density at radius 1 is 1.05 bits per heavy atom. The zero-order chi connectivity index (χ0) is 15.1. The van der Waals surface area contributed by atoms with Crippen LogP contribution >= 0.6 is 0 Å². The van der Waals surface area contributed by atoms with E-state index in [1.165, 1.54) is 7.11 Å². The molecule has 3 heteroatoms. The van der Waals surface area contributed by atoms with Gasteiger partial charge in [-0.05, 0) is 23.1 Å². The molecule has 0 saturated heterocycles. The van der Waals surface area contributed by atoms with Gasteiger partial charge in [0.25, 0.3) is 0 Å². The predicted octanol–water partition coefficient (Wildman–Crippen LogP) is 2.90. The average Bonchev–Trinajstić information content (AvgIpc) is 2.54. The number of methoxy groups -OCH3 is 1. The molecule has 108 valence electrons. The number of hydrogen-bond acceptors (Lipinski definition) is 3. The van der Waals surface area contributed by atoms with Crippen LogP contribution in [0.1, 0.15) is 16.7 Å². The van der Waals surface area contributed by atoms with Gasteiger partial charge in [-0.3, -0.25) is 4.79 Å². The Hall–Kier alpha value is -2.39. The molecule has 2 rings (SSSR count). The van der Waals surface area contributed by atoms with Crippen molar-refractivity contribution in [1.29, 1.82) is 0 Å². The molecule has 0 amide bonds. The number of esters is 1. The first-order valence-electron chi connectivity index (χ1n) is 6.84. The largest absolute Gasteiger partial charge is 0.468 e. The third-order valence-corrected chi connectivity index (χ3v) is 3.21. The number of rotatable bonds is 5. The van der Waals surface area contributed by atoms with Crippen molar-refractivity contribution in [1.82, 2.24) is 0 Å². The molecular weight excluding hydrogens is 262 g/mol. The van der Waals surface area contributed by atoms with Crippen LogP contribution in [-0.4, -0.2) is 19.1 Å². The van der Waals surface area contributed by atoms with Crippen molar-refractivity contribution in [3.8, 4) is 0 Å². The SMILES string of the molecule is COC(=O)[C@H](N)Cc1ccc(/C=C/c2ccccc2)cc1. The summed E-state index contributed by atoms with van der Waals surface area (Å²) >= 11 is 0. The Bertz CT molecular complexity index is 603. The average molecular weight is 281 g/mol. The first-order chi connectivity index (χ1) is 10.2. The van der Waals surface area contributed by atoms with Crippen LogP contribution < -0.4 is 5.73 Å². The summed E-state index contributed by atoms with van der Waals surface area (Å²) in [5.41, 5.74) is 9.03. The number of ether oxygens (including phenoxy) is 1. The van der Waals surface area contributed by atoms with Crippen molar-refractivity contribution < 1.29 is 9.53 Å². The molecule has 1 atom stereocenters. The van der Waals surface area contributed by atoms with E-state index >= 15 is 0 Å². The molecule has 21 heavy (non-hydrogen) atoms. The maximum atomic E-state index is 11.3. The van der Waals surface area contributed by atoms with Gasteiger partial charge in [-0.25, -0.2) is 0 Å². The number of nitrogens with two attached hydrogens (primary N) is 1. The summed E-state index contributed by atoms with van der Waals surface area (Å²) in [6.07, 6.45) is 4.60. The topological polar surface area (TPSA) is 52.3 Å². The number of benzene rings is 2. The van der Waals surface area contributed by atoms with E-state index in [9.17, 15) is 4.79 Å². The fourth-order valence-electron chi connectivity index (χ4n) is 2.01. The summed E-state index contributed by atoms with van der Waals surface area (Å²) in [6, 6.07) is 17.5. The minimum absolute atomic E-state index is 0.386. The van der Waals surface area contributed by atoms with Crippen molar-refractivity contribution in [3.63, 3.8) is 0 Å². The van der Waals surface area contributed by atoms with Crippen LogP contribution in [0.2, 0.25) is 0 Å². The molecule has 0 spiro atoms. The molecule has 2 aromatic rings. The Morgan fingerprint density at radius 3 is 2.19 bits per heavy atom. The number of carbonyl (C=O) groups excluding carboxylic acids is 1. The highest BCUT2D eigenvalue weighted by Crippen LogP contribution is 2.11. The Morgan fingerprint density at radius 2 is 1.62 bits per heavy atom. The number of carbonyl (C=O) groups is 1. The highest BCUT2D eigenvalue weighted by molar-refractivity contribution is 5.75. The fourth-order valence-corrected chi connectivity index (χ4v) is 2.01. The lowest BCUT2D eigenvalue weighted by atomic mass is 10.0. The van der Waals surface area contributed by atoms with Crippen LogP contribution in [0.5, 0.6) is 0 Å². The Kier molecular flexibility index (Phi) is 5.29. The van der Waals surface area contributed by atoms with Crippen molar-refractivity contribution in [2.24, 2.45) is 5.73 Å². The van der Waals surface area contributed by atoms with E-state index < -0.39 is 6.04 Å². The van der Waals surface area contributed by atoms with E-state index in [-0.39, 0.29) is 5.97 Å². The Labute approximate surface area is 125 Å². The molecule has 0 heterocycles. The van der Waals surface area contributed by atoms with Crippen molar-refractivity contribution in [3.05, 3.63) is 71.3 Å². The van der Waals surface area contributed by atoms with Gasteiger partial charge < -0.3 is 10.5 Å². The third kappa shape index (κ3) is 4.58. The smallest absolute Gasteiger partial charge is 0.322 e. The molecule has 0 aromatic heterocycles. The molecule has 2 aromatic carbocycles. The summed E-state index contributed by atoms with van der Waals surface area (Å²) in [7, 11) is 1.35. The lowest BCUT2D eigenvalue weighted by Gasteiger charge is -2.09. The molecule has 0 fully saturated rings. The van der Waals surface area contributed by atoms with Gasteiger partial charge in [0.15, 0.2) is 0 Å². The molecule has 0 bridgehead atoms. The highest BCUT2D eigenvalue weighted by atomic mass is 16.5. The van der Waals surface area contributed by atoms with Crippen LogP contribution in [0.15, 0.2) is 54.6 Å². The van der Waals surface area contributed by atoms with E-state index in [1.807, 2.05) is 42.5 Å². The second-order valence-electron chi connectivity index (χ2n) is 4.82. The highest BCUT2D eigenvalue weighted by Gasteiger charge is 2.13. The second-order valence-corrected chi connectivity index (χ2v) is 4.82. The van der Waals surface area contributed by atoms with Gasteiger partial charge in [-0.2, -0.15) is 0 Å². The summed E-state index contributed by atoms with van der Waals surface area (Å²) in [5, 5.41) is 0. The van der Waals surface area contributed by atoms with Gasteiger partial charge in [-0.1, -0.05) is 66.7 Å². The monoisotopic (exact) mass is 281 g/mol. The van der Waals surface area contributed by atoms with Crippen LogP contribution in [0.25, 0.3) is 12.2 Å². The lowest BCUT2D eigenvalue weighted by Crippen LogP contribution is -2.33. The number of hydrogen-bond donors (Lipinski definition) is 1. The lowest BCUT2D eigenvalue weighted by molar-refractivity contribution is -0.142. The van der Waals surface area contributed by atoms with Crippen LogP contribution in [0.3, 0.4) is 0 Å². The van der Waals surface area contributed by atoms with E-state index in [0.717, 1.165) is 16.7 Å². The normalized spacial score (nSPS) is 12.3. The van der Waals surface area contributed by atoms with Gasteiger partial charge >= 0.3 is 5.97 Å². The fraction of sp³-hybridized carbons (Fsp3) is 0.167. The van der Waals surface area contributed by atoms with Crippen LogP contribution in [-0.2, 0) is 16.0 Å². The zero-order valence-corrected chi connectivity index (χ0v) is 12.0. The molecule has 0 radical (unpaired) electrons. The maximum absolute atomic E-state index is 11.3. The predicted molar refractivity (Wildman–Crippen MR) is 85.5 cm³/mol. The molecule has 0 saturated carbocycles. The summed E-state index contributed by atoms with van der Waals surface area (Å²) in [6.45, 7) is 0. The van der Waals surface area contributed by atoms with Crippen LogP contribution in [0.4, 0.5) is 0 Å². The van der Waals surface area contributed by atoms with Crippen LogP contribution in [0, 0.1) is 0 Å². The van der Waals surface area contributed by atoms with E-state index in [1.54, 1.807) is 0 Å². The minimum Gasteiger partial charge on any atom is -0.468 e. The first kappa shape index (κ1) is 15.0. The summed E-state index contributed by atoms with van der Waals surface area (Å²) in [4.78, 5) is 11.3. The van der Waals surface area contributed by atoms with E-state index in [0.29, 0.717) is 6.42 Å². The zero-order valence-electron chi connectivity index (χ0n) is 12.0. The maximum Gasteiger partial charge on any atom is 0.322 e. The molecule has 2 N–H and O–H groups in total. The van der Waals surface area contributed by atoms with E-state index in [4.69, 9.17) is 5.73 Å². The molecule has 3 nitrogen and oxygen atoms in total. The Balaban J connectivity index is 1.99. The van der Waals surface area contributed by atoms with Gasteiger partial charge in [0.1, 0.15) is 6.04 Å². The summed E-state index contributed by atoms with van der Waals surface area (Å²) < 4.78 is 4.62.